The highest BCUT2D eigenvalue weighted by atomic mass is 16.7. The van der Waals surface area contributed by atoms with E-state index in [-0.39, 0.29) is 6.03 Å². The second-order valence-corrected chi connectivity index (χ2v) is 6.83. The van der Waals surface area contributed by atoms with Crippen molar-refractivity contribution >= 4 is 6.03 Å². The summed E-state index contributed by atoms with van der Waals surface area (Å²) >= 11 is 0. The van der Waals surface area contributed by atoms with E-state index >= 15 is 0 Å². The first-order valence-corrected chi connectivity index (χ1v) is 8.96. The van der Waals surface area contributed by atoms with E-state index in [0.29, 0.717) is 25.4 Å². The van der Waals surface area contributed by atoms with Gasteiger partial charge < -0.3 is 20.1 Å². The third kappa shape index (κ3) is 3.29. The van der Waals surface area contributed by atoms with Crippen molar-refractivity contribution in [1.82, 2.24) is 15.5 Å². The summed E-state index contributed by atoms with van der Waals surface area (Å²) in [6.45, 7) is 3.22. The highest BCUT2D eigenvalue weighted by Crippen LogP contribution is 2.32. The van der Waals surface area contributed by atoms with Gasteiger partial charge in [0.1, 0.15) is 0 Å². The van der Waals surface area contributed by atoms with Crippen LogP contribution in [0.3, 0.4) is 0 Å². The predicted molar refractivity (Wildman–Crippen MR) is 90.4 cm³/mol. The Morgan fingerprint density at radius 3 is 3.04 bits per heavy atom. The molecule has 0 bridgehead atoms. The van der Waals surface area contributed by atoms with Crippen LogP contribution < -0.4 is 20.1 Å². The van der Waals surface area contributed by atoms with Gasteiger partial charge in [0.05, 0.1) is 0 Å². The van der Waals surface area contributed by atoms with E-state index in [0.717, 1.165) is 36.4 Å². The fourth-order valence-electron chi connectivity index (χ4n) is 4.05. The van der Waals surface area contributed by atoms with E-state index in [1.165, 1.54) is 25.8 Å². The molecule has 24 heavy (non-hydrogen) atoms. The first kappa shape index (κ1) is 15.6. The fourth-order valence-corrected chi connectivity index (χ4v) is 4.05. The molecule has 0 aromatic heterocycles. The quantitative estimate of drug-likeness (QED) is 0.884. The molecule has 6 nitrogen and oxygen atoms in total. The van der Waals surface area contributed by atoms with Gasteiger partial charge in [-0.1, -0.05) is 12.5 Å². The van der Waals surface area contributed by atoms with Gasteiger partial charge in [0, 0.05) is 25.2 Å². The summed E-state index contributed by atoms with van der Waals surface area (Å²) in [7, 11) is 0. The number of fused-ring (bicyclic) bond motifs is 2. The molecule has 0 spiro atoms. The van der Waals surface area contributed by atoms with Crippen molar-refractivity contribution in [3.63, 3.8) is 0 Å². The molecule has 0 aliphatic carbocycles. The minimum absolute atomic E-state index is 0.0480. The molecule has 6 heteroatoms. The Balaban J connectivity index is 1.22. The third-order valence-corrected chi connectivity index (χ3v) is 5.31. The molecule has 0 unspecified atom stereocenters. The molecule has 3 aliphatic heterocycles. The largest absolute Gasteiger partial charge is 0.454 e. The molecule has 0 radical (unpaired) electrons. The van der Waals surface area contributed by atoms with Crippen LogP contribution in [0.2, 0.25) is 0 Å². The van der Waals surface area contributed by atoms with E-state index in [2.05, 4.69) is 15.5 Å². The minimum atomic E-state index is -0.0480. The fraction of sp³-hybridized carbons (Fsp3) is 0.611. The molecule has 2 saturated heterocycles. The lowest BCUT2D eigenvalue weighted by Crippen LogP contribution is -2.49. The lowest BCUT2D eigenvalue weighted by molar-refractivity contribution is 0.174. The molecule has 1 aromatic rings. The second-order valence-electron chi connectivity index (χ2n) is 6.83. The van der Waals surface area contributed by atoms with Crippen LogP contribution in [0, 0.1) is 0 Å². The number of amides is 2. The number of hydrogen-bond donors (Lipinski definition) is 2. The summed E-state index contributed by atoms with van der Waals surface area (Å²) < 4.78 is 10.7. The van der Waals surface area contributed by atoms with Crippen LogP contribution in [0.1, 0.15) is 31.2 Å². The number of nitrogens with zero attached hydrogens (tertiary/aromatic N) is 1. The van der Waals surface area contributed by atoms with Gasteiger partial charge in [0.15, 0.2) is 11.5 Å². The monoisotopic (exact) mass is 331 g/mol. The Kier molecular flexibility index (Phi) is 4.47. The summed E-state index contributed by atoms with van der Waals surface area (Å²) in [4.78, 5) is 14.7. The highest BCUT2D eigenvalue weighted by molar-refractivity contribution is 5.74. The predicted octanol–water partition coefficient (Wildman–Crippen LogP) is 1.88. The first-order chi connectivity index (χ1) is 11.8. The van der Waals surface area contributed by atoms with E-state index in [1.54, 1.807) is 0 Å². The lowest BCUT2D eigenvalue weighted by Gasteiger charge is -2.32. The molecule has 130 valence electrons. The number of nitrogens with one attached hydrogen (secondary N) is 2. The smallest absolute Gasteiger partial charge is 0.315 e. The average Bonchev–Trinajstić information content (AvgIpc) is 3.22. The molecule has 2 atom stereocenters. The van der Waals surface area contributed by atoms with E-state index < -0.39 is 0 Å². The number of urea groups is 1. The summed E-state index contributed by atoms with van der Waals surface area (Å²) in [5.74, 6) is 1.59. The van der Waals surface area contributed by atoms with Crippen LogP contribution in [0.25, 0.3) is 0 Å². The SMILES string of the molecule is O=C(NCCc1ccc2c(c1)OCO2)N[C@H]1CCN2CCCC[C@@H]12. The highest BCUT2D eigenvalue weighted by Gasteiger charge is 2.36. The van der Waals surface area contributed by atoms with Crippen LogP contribution in [0.15, 0.2) is 18.2 Å². The van der Waals surface area contributed by atoms with Gasteiger partial charge in [-0.3, -0.25) is 4.90 Å². The molecule has 4 rings (SSSR count). The average molecular weight is 331 g/mol. The van der Waals surface area contributed by atoms with Gasteiger partial charge in [0.2, 0.25) is 6.79 Å². The minimum Gasteiger partial charge on any atom is -0.454 e. The maximum absolute atomic E-state index is 12.2. The van der Waals surface area contributed by atoms with Crippen molar-refractivity contribution in [3.05, 3.63) is 23.8 Å². The number of ether oxygens (including phenoxy) is 2. The number of carbonyl (C=O) groups excluding carboxylic acids is 1. The van der Waals surface area contributed by atoms with Gasteiger partial charge in [-0.15, -0.1) is 0 Å². The summed E-state index contributed by atoms with van der Waals surface area (Å²) in [5.41, 5.74) is 1.14. The second kappa shape index (κ2) is 6.89. The number of carbonyl (C=O) groups is 1. The standard InChI is InChI=1S/C18H25N3O3/c22-18(20-14-7-10-21-9-2-1-3-15(14)21)19-8-6-13-4-5-16-17(11-13)24-12-23-16/h4-5,11,14-15H,1-3,6-10,12H2,(H2,19,20,22)/t14-,15-/m0/s1. The third-order valence-electron chi connectivity index (χ3n) is 5.31. The maximum atomic E-state index is 12.2. The molecule has 3 aliphatic rings. The van der Waals surface area contributed by atoms with Crippen molar-refractivity contribution in [2.75, 3.05) is 26.4 Å². The summed E-state index contributed by atoms with van der Waals surface area (Å²) in [6.07, 6.45) is 5.64. The van der Waals surface area contributed by atoms with Gasteiger partial charge >= 0.3 is 6.03 Å². The van der Waals surface area contributed by atoms with Crippen LogP contribution >= 0.6 is 0 Å². The zero-order valence-electron chi connectivity index (χ0n) is 13.9. The van der Waals surface area contributed by atoms with Gasteiger partial charge in [-0.05, 0) is 49.9 Å². The van der Waals surface area contributed by atoms with Gasteiger partial charge in [0.25, 0.3) is 0 Å². The number of rotatable bonds is 4. The molecule has 0 saturated carbocycles. The molecule has 2 N–H and O–H groups in total. The zero-order valence-corrected chi connectivity index (χ0v) is 13.9. The molecular formula is C18H25N3O3. The van der Waals surface area contributed by atoms with Crippen LogP contribution in [-0.4, -0.2) is 49.4 Å². The van der Waals surface area contributed by atoms with Crippen LogP contribution in [0.5, 0.6) is 11.5 Å². The van der Waals surface area contributed by atoms with Gasteiger partial charge in [-0.25, -0.2) is 4.79 Å². The summed E-state index contributed by atoms with van der Waals surface area (Å²) in [5, 5.41) is 6.15. The maximum Gasteiger partial charge on any atom is 0.315 e. The topological polar surface area (TPSA) is 62.8 Å². The van der Waals surface area contributed by atoms with Crippen molar-refractivity contribution in [3.8, 4) is 11.5 Å². The Bertz CT molecular complexity index is 607. The number of hydrogen-bond acceptors (Lipinski definition) is 4. The number of benzene rings is 1. The normalized spacial score (nSPS) is 25.3. The molecule has 2 amide bonds. The molecule has 1 aromatic carbocycles. The molecule has 3 heterocycles. The number of piperidine rings is 1. The van der Waals surface area contributed by atoms with Crippen molar-refractivity contribution < 1.29 is 14.3 Å². The van der Waals surface area contributed by atoms with Crippen molar-refractivity contribution in [2.24, 2.45) is 0 Å². The lowest BCUT2D eigenvalue weighted by atomic mass is 9.99. The Morgan fingerprint density at radius 1 is 1.17 bits per heavy atom. The molecular weight excluding hydrogens is 306 g/mol. The summed E-state index contributed by atoms with van der Waals surface area (Å²) in [6, 6.07) is 6.72. The van der Waals surface area contributed by atoms with Gasteiger partial charge in [-0.2, -0.15) is 0 Å². The zero-order chi connectivity index (χ0) is 16.4. The Hall–Kier alpha value is -1.95. The molecule has 2 fully saturated rings. The van der Waals surface area contributed by atoms with E-state index in [1.807, 2.05) is 18.2 Å². The Labute approximate surface area is 142 Å². The van der Waals surface area contributed by atoms with Crippen molar-refractivity contribution in [2.45, 2.75) is 44.2 Å². The van der Waals surface area contributed by atoms with E-state index in [4.69, 9.17) is 9.47 Å². The van der Waals surface area contributed by atoms with E-state index in [9.17, 15) is 4.79 Å². The van der Waals surface area contributed by atoms with Crippen LogP contribution in [0.4, 0.5) is 4.79 Å². The van der Waals surface area contributed by atoms with Crippen LogP contribution in [-0.2, 0) is 6.42 Å². The first-order valence-electron chi connectivity index (χ1n) is 8.96. The van der Waals surface area contributed by atoms with Crippen molar-refractivity contribution in [1.29, 1.82) is 0 Å². The Morgan fingerprint density at radius 2 is 2.08 bits per heavy atom.